The van der Waals surface area contributed by atoms with Crippen LogP contribution in [0.1, 0.15) is 13.3 Å². The lowest BCUT2D eigenvalue weighted by molar-refractivity contribution is 0.0466. The molecule has 1 heterocycles. The quantitative estimate of drug-likeness (QED) is 0.554. The molecule has 1 aliphatic heterocycles. The average molecular weight is 166 g/mol. The van der Waals surface area contributed by atoms with Crippen LogP contribution in [0.25, 0.3) is 0 Å². The van der Waals surface area contributed by atoms with Crippen LogP contribution in [-0.4, -0.2) is 19.8 Å². The molecule has 0 aromatic heterocycles. The van der Waals surface area contributed by atoms with Crippen molar-refractivity contribution in [3.63, 3.8) is 0 Å². The van der Waals surface area contributed by atoms with E-state index in [0.717, 1.165) is 6.42 Å². The minimum absolute atomic E-state index is 0.0282. The molecule has 5 heteroatoms. The second kappa shape index (κ2) is 3.01. The zero-order valence-corrected chi connectivity index (χ0v) is 6.97. The number of phosphoric acid groups is 1. The van der Waals surface area contributed by atoms with Gasteiger partial charge in [0.1, 0.15) is 0 Å². The van der Waals surface area contributed by atoms with Crippen LogP contribution in [0.3, 0.4) is 0 Å². The van der Waals surface area contributed by atoms with Crippen LogP contribution < -0.4 is 0 Å². The summed E-state index contributed by atoms with van der Waals surface area (Å²) in [5.41, 5.74) is 0. The van der Waals surface area contributed by atoms with Crippen LogP contribution in [0.4, 0.5) is 0 Å². The fourth-order valence-corrected chi connectivity index (χ4v) is 1.86. The van der Waals surface area contributed by atoms with Gasteiger partial charge in [0.25, 0.3) is 0 Å². The highest BCUT2D eigenvalue weighted by Gasteiger charge is 2.31. The van der Waals surface area contributed by atoms with E-state index < -0.39 is 7.82 Å². The zero-order valence-electron chi connectivity index (χ0n) is 6.07. The first-order valence-corrected chi connectivity index (χ1v) is 4.61. The molecule has 0 N–H and O–H groups in total. The van der Waals surface area contributed by atoms with Crippen LogP contribution in [0.2, 0.25) is 0 Å². The Hall–Kier alpha value is 0.110. The van der Waals surface area contributed by atoms with Crippen molar-refractivity contribution in [2.24, 2.45) is 0 Å². The van der Waals surface area contributed by atoms with Crippen LogP contribution in [0.15, 0.2) is 0 Å². The maximum Gasteiger partial charge on any atom is 0.474 e. The molecule has 1 aliphatic rings. The van der Waals surface area contributed by atoms with Crippen molar-refractivity contribution in [1.82, 2.24) is 0 Å². The lowest BCUT2D eigenvalue weighted by Crippen LogP contribution is -2.17. The molecule has 1 rings (SSSR count). The van der Waals surface area contributed by atoms with Crippen molar-refractivity contribution in [1.29, 1.82) is 0 Å². The van der Waals surface area contributed by atoms with E-state index in [2.05, 4.69) is 4.52 Å². The van der Waals surface area contributed by atoms with E-state index in [1.165, 1.54) is 7.11 Å². The van der Waals surface area contributed by atoms with Gasteiger partial charge in [0.05, 0.1) is 12.7 Å². The number of hydrogen-bond acceptors (Lipinski definition) is 4. The molecular formula is C5H11O4P. The summed E-state index contributed by atoms with van der Waals surface area (Å²) in [6.45, 7) is 2.29. The van der Waals surface area contributed by atoms with Gasteiger partial charge in [-0.1, -0.05) is 0 Å². The van der Waals surface area contributed by atoms with Crippen LogP contribution in [-0.2, 0) is 18.1 Å². The lowest BCUT2D eigenvalue weighted by atomic mass is 10.3. The SMILES string of the molecule is COP1(=O)OCC[C@@H](C)O1. The van der Waals surface area contributed by atoms with Crippen molar-refractivity contribution in [2.75, 3.05) is 13.7 Å². The topological polar surface area (TPSA) is 44.8 Å². The molecule has 0 spiro atoms. The molecule has 2 atom stereocenters. The van der Waals surface area contributed by atoms with Gasteiger partial charge in [-0.3, -0.25) is 13.6 Å². The third kappa shape index (κ3) is 1.80. The standard InChI is InChI=1S/C5H11O4P/c1-5-3-4-8-10(6,7-2)9-5/h5H,3-4H2,1-2H3/t5-,10?/m1/s1. The molecule has 60 valence electrons. The largest absolute Gasteiger partial charge is 0.474 e. The van der Waals surface area contributed by atoms with Gasteiger partial charge in [0.15, 0.2) is 0 Å². The highest BCUT2D eigenvalue weighted by molar-refractivity contribution is 7.48. The summed E-state index contributed by atoms with van der Waals surface area (Å²) in [6, 6.07) is 0. The first-order valence-electron chi connectivity index (χ1n) is 3.15. The van der Waals surface area contributed by atoms with Crippen molar-refractivity contribution >= 4 is 7.82 Å². The van der Waals surface area contributed by atoms with Gasteiger partial charge < -0.3 is 0 Å². The smallest absolute Gasteiger partial charge is 0.290 e. The summed E-state index contributed by atoms with van der Waals surface area (Å²) < 4.78 is 25.4. The number of phosphoric ester groups is 1. The Morgan fingerprint density at radius 3 is 2.80 bits per heavy atom. The molecule has 0 bridgehead atoms. The predicted molar refractivity (Wildman–Crippen MR) is 35.7 cm³/mol. The predicted octanol–water partition coefficient (Wildman–Crippen LogP) is 1.57. The van der Waals surface area contributed by atoms with Crippen molar-refractivity contribution in [3.8, 4) is 0 Å². The number of hydrogen-bond donors (Lipinski definition) is 0. The molecule has 1 fully saturated rings. The van der Waals surface area contributed by atoms with Gasteiger partial charge in [-0.05, 0) is 13.3 Å². The second-order valence-corrected chi connectivity index (χ2v) is 3.90. The Kier molecular flexibility index (Phi) is 2.47. The highest BCUT2D eigenvalue weighted by atomic mass is 31.2. The maximum atomic E-state index is 11.1. The average Bonchev–Trinajstić information content (AvgIpc) is 1.88. The fraction of sp³-hybridized carbons (Fsp3) is 1.00. The van der Waals surface area contributed by atoms with Crippen LogP contribution in [0.5, 0.6) is 0 Å². The van der Waals surface area contributed by atoms with E-state index in [4.69, 9.17) is 9.05 Å². The molecule has 10 heavy (non-hydrogen) atoms. The third-order valence-electron chi connectivity index (χ3n) is 1.31. The van der Waals surface area contributed by atoms with Crippen LogP contribution >= 0.6 is 7.82 Å². The molecule has 0 aliphatic carbocycles. The molecule has 1 saturated heterocycles. The molecule has 0 aromatic rings. The third-order valence-corrected chi connectivity index (χ3v) is 2.87. The van der Waals surface area contributed by atoms with Gasteiger partial charge in [0, 0.05) is 7.11 Å². The van der Waals surface area contributed by atoms with Crippen molar-refractivity contribution in [2.45, 2.75) is 19.4 Å². The summed E-state index contributed by atoms with van der Waals surface area (Å²) >= 11 is 0. The van der Waals surface area contributed by atoms with E-state index in [9.17, 15) is 4.57 Å². The van der Waals surface area contributed by atoms with E-state index in [1.54, 1.807) is 0 Å². The Balaban J connectivity index is 2.54. The molecule has 0 saturated carbocycles. The van der Waals surface area contributed by atoms with Gasteiger partial charge in [-0.2, -0.15) is 0 Å². The van der Waals surface area contributed by atoms with E-state index >= 15 is 0 Å². The molecular weight excluding hydrogens is 155 g/mol. The molecule has 0 radical (unpaired) electrons. The summed E-state index contributed by atoms with van der Waals surface area (Å²) in [5, 5.41) is 0. The van der Waals surface area contributed by atoms with Gasteiger partial charge in [-0.25, -0.2) is 4.57 Å². The first-order chi connectivity index (χ1) is 4.66. The highest BCUT2D eigenvalue weighted by Crippen LogP contribution is 2.52. The Morgan fingerprint density at radius 2 is 2.40 bits per heavy atom. The molecule has 1 unspecified atom stereocenters. The monoisotopic (exact) mass is 166 g/mol. The normalized spacial score (nSPS) is 41.6. The summed E-state index contributed by atoms with van der Waals surface area (Å²) in [4.78, 5) is 0. The zero-order chi connectivity index (χ0) is 7.61. The minimum atomic E-state index is -3.15. The molecule has 0 amide bonds. The summed E-state index contributed by atoms with van der Waals surface area (Å²) in [5.74, 6) is 0. The summed E-state index contributed by atoms with van der Waals surface area (Å²) in [7, 11) is -1.83. The lowest BCUT2D eigenvalue weighted by Gasteiger charge is -2.25. The van der Waals surface area contributed by atoms with Gasteiger partial charge in [0.2, 0.25) is 0 Å². The van der Waals surface area contributed by atoms with E-state index in [0.29, 0.717) is 6.61 Å². The Bertz CT molecular complexity index is 158. The first kappa shape index (κ1) is 8.21. The summed E-state index contributed by atoms with van der Waals surface area (Å²) in [6.07, 6.45) is 0.743. The van der Waals surface area contributed by atoms with Gasteiger partial charge >= 0.3 is 7.82 Å². The van der Waals surface area contributed by atoms with Crippen LogP contribution in [0, 0.1) is 0 Å². The van der Waals surface area contributed by atoms with E-state index in [1.807, 2.05) is 6.92 Å². The van der Waals surface area contributed by atoms with Gasteiger partial charge in [-0.15, -0.1) is 0 Å². The molecule has 4 nitrogen and oxygen atoms in total. The number of rotatable bonds is 1. The second-order valence-electron chi connectivity index (χ2n) is 2.17. The fourth-order valence-electron chi connectivity index (χ4n) is 0.730. The Morgan fingerprint density at radius 1 is 1.70 bits per heavy atom. The maximum absolute atomic E-state index is 11.1. The van der Waals surface area contributed by atoms with Crippen molar-refractivity contribution < 1.29 is 18.1 Å². The van der Waals surface area contributed by atoms with E-state index in [-0.39, 0.29) is 6.10 Å². The minimum Gasteiger partial charge on any atom is -0.290 e. The molecule has 0 aromatic carbocycles. The Labute approximate surface area is 60.1 Å². The van der Waals surface area contributed by atoms with Crippen molar-refractivity contribution in [3.05, 3.63) is 0 Å².